The molecule has 0 radical (unpaired) electrons. The highest BCUT2D eigenvalue weighted by Gasteiger charge is 2.13. The van der Waals surface area contributed by atoms with Crippen molar-refractivity contribution in [1.82, 2.24) is 4.98 Å². The molecule has 0 unspecified atom stereocenters. The van der Waals surface area contributed by atoms with Crippen LogP contribution in [0.25, 0.3) is 0 Å². The molecule has 0 atom stereocenters. The van der Waals surface area contributed by atoms with Crippen molar-refractivity contribution in [3.05, 3.63) is 58.4 Å². The molecule has 1 heterocycles. The first-order valence-corrected chi connectivity index (χ1v) is 8.41. The van der Waals surface area contributed by atoms with Crippen molar-refractivity contribution in [2.45, 2.75) is 26.7 Å². The number of ketones is 1. The van der Waals surface area contributed by atoms with E-state index in [0.717, 1.165) is 11.1 Å². The maximum atomic E-state index is 12.1. The molecule has 7 heteroatoms. The van der Waals surface area contributed by atoms with Crippen LogP contribution in [0, 0.1) is 13.8 Å². The van der Waals surface area contributed by atoms with Crippen LogP contribution >= 0.6 is 11.6 Å². The fourth-order valence-electron chi connectivity index (χ4n) is 2.16. The van der Waals surface area contributed by atoms with Crippen LogP contribution in [0.1, 0.15) is 34.3 Å². The highest BCUT2D eigenvalue weighted by atomic mass is 35.5. The quantitative estimate of drug-likeness (QED) is 0.455. The Hall–Kier alpha value is -2.73. The fourth-order valence-corrected chi connectivity index (χ4v) is 2.33. The van der Waals surface area contributed by atoms with Crippen molar-refractivity contribution in [2.24, 2.45) is 0 Å². The molecule has 1 aromatic heterocycles. The van der Waals surface area contributed by atoms with E-state index < -0.39 is 18.5 Å². The number of hydrogen-bond acceptors (Lipinski definition) is 5. The second-order valence-electron chi connectivity index (χ2n) is 5.77. The normalized spacial score (nSPS) is 10.3. The van der Waals surface area contributed by atoms with E-state index in [9.17, 15) is 14.4 Å². The van der Waals surface area contributed by atoms with Crippen molar-refractivity contribution in [3.8, 4) is 0 Å². The number of ether oxygens (including phenoxy) is 1. The number of aromatic nitrogens is 1. The molecule has 26 heavy (non-hydrogen) atoms. The maximum absolute atomic E-state index is 12.1. The molecule has 2 rings (SSSR count). The Morgan fingerprint density at radius 2 is 1.88 bits per heavy atom. The summed E-state index contributed by atoms with van der Waals surface area (Å²) in [5, 5.41) is 2.63. The first kappa shape index (κ1) is 19.6. The summed E-state index contributed by atoms with van der Waals surface area (Å²) in [4.78, 5) is 39.4. The van der Waals surface area contributed by atoms with Gasteiger partial charge in [0.15, 0.2) is 17.5 Å². The van der Waals surface area contributed by atoms with Crippen molar-refractivity contribution < 1.29 is 19.1 Å². The lowest BCUT2D eigenvalue weighted by Crippen LogP contribution is -2.21. The van der Waals surface area contributed by atoms with Crippen LogP contribution in [-0.4, -0.2) is 29.3 Å². The zero-order valence-electron chi connectivity index (χ0n) is 14.5. The van der Waals surface area contributed by atoms with Gasteiger partial charge in [0, 0.05) is 18.2 Å². The standard InChI is InChI=1S/C19H19ClN2O4/c1-12-5-6-14(10-13(12)2)16(23)7-8-18(25)26-11-17(24)22-15-4-3-9-21-19(15)20/h3-6,9-10H,7-8,11H2,1-2H3,(H,22,24). The largest absolute Gasteiger partial charge is 0.456 e. The van der Waals surface area contributed by atoms with E-state index in [1.54, 1.807) is 24.3 Å². The predicted octanol–water partition coefficient (Wildman–Crippen LogP) is 3.50. The summed E-state index contributed by atoms with van der Waals surface area (Å²) in [5.41, 5.74) is 3.01. The minimum absolute atomic E-state index is 0.0252. The Labute approximate surface area is 156 Å². The Morgan fingerprint density at radius 3 is 2.58 bits per heavy atom. The zero-order chi connectivity index (χ0) is 19.1. The third kappa shape index (κ3) is 5.67. The molecule has 0 aliphatic carbocycles. The molecule has 136 valence electrons. The van der Waals surface area contributed by atoms with Crippen molar-refractivity contribution >= 4 is 34.9 Å². The third-order valence-electron chi connectivity index (χ3n) is 3.78. The number of nitrogens with zero attached hydrogens (tertiary/aromatic N) is 1. The highest BCUT2D eigenvalue weighted by Crippen LogP contribution is 2.17. The monoisotopic (exact) mass is 374 g/mol. The lowest BCUT2D eigenvalue weighted by atomic mass is 10.0. The number of halogens is 1. The van der Waals surface area contributed by atoms with Gasteiger partial charge in [-0.2, -0.15) is 0 Å². The van der Waals surface area contributed by atoms with E-state index >= 15 is 0 Å². The van der Waals surface area contributed by atoms with Crippen molar-refractivity contribution in [2.75, 3.05) is 11.9 Å². The third-order valence-corrected chi connectivity index (χ3v) is 4.08. The fraction of sp³-hybridized carbons (Fsp3) is 0.263. The number of rotatable bonds is 7. The molecular weight excluding hydrogens is 356 g/mol. The lowest BCUT2D eigenvalue weighted by molar-refractivity contribution is -0.147. The number of pyridine rings is 1. The molecule has 0 aliphatic heterocycles. The summed E-state index contributed by atoms with van der Waals surface area (Å²) in [6.07, 6.45) is 1.43. The van der Waals surface area contributed by atoms with E-state index in [1.165, 1.54) is 6.20 Å². The lowest BCUT2D eigenvalue weighted by Gasteiger charge is -2.07. The summed E-state index contributed by atoms with van der Waals surface area (Å²) < 4.78 is 4.88. The van der Waals surface area contributed by atoms with Gasteiger partial charge in [-0.15, -0.1) is 0 Å². The van der Waals surface area contributed by atoms with Crippen molar-refractivity contribution in [3.63, 3.8) is 0 Å². The number of carbonyl (C=O) groups excluding carboxylic acids is 3. The highest BCUT2D eigenvalue weighted by molar-refractivity contribution is 6.32. The van der Waals surface area contributed by atoms with Gasteiger partial charge in [-0.05, 0) is 43.2 Å². The van der Waals surface area contributed by atoms with Crippen LogP contribution in [0.5, 0.6) is 0 Å². The first-order valence-electron chi connectivity index (χ1n) is 8.03. The number of benzene rings is 1. The van der Waals surface area contributed by atoms with Gasteiger partial charge in [-0.1, -0.05) is 23.7 Å². The molecule has 6 nitrogen and oxygen atoms in total. The second-order valence-corrected chi connectivity index (χ2v) is 6.13. The van der Waals surface area contributed by atoms with Crippen LogP contribution in [0.3, 0.4) is 0 Å². The average Bonchev–Trinajstić information content (AvgIpc) is 2.62. The molecule has 0 bridgehead atoms. The molecule has 2 aromatic rings. The average molecular weight is 375 g/mol. The molecule has 1 N–H and O–H groups in total. The number of aryl methyl sites for hydroxylation is 2. The number of anilines is 1. The predicted molar refractivity (Wildman–Crippen MR) is 98.3 cm³/mol. The topological polar surface area (TPSA) is 85.4 Å². The summed E-state index contributed by atoms with van der Waals surface area (Å²) >= 11 is 5.82. The zero-order valence-corrected chi connectivity index (χ0v) is 15.3. The Kier molecular flexibility index (Phi) is 6.86. The minimum Gasteiger partial charge on any atom is -0.456 e. The summed E-state index contributed by atoms with van der Waals surface area (Å²) in [6.45, 7) is 3.43. The van der Waals surface area contributed by atoms with E-state index in [-0.39, 0.29) is 23.8 Å². The number of amides is 1. The van der Waals surface area contributed by atoms with Gasteiger partial charge >= 0.3 is 5.97 Å². The van der Waals surface area contributed by atoms with Gasteiger partial charge in [0.2, 0.25) is 0 Å². The minimum atomic E-state index is -0.616. The molecule has 0 saturated heterocycles. The van der Waals surface area contributed by atoms with Gasteiger partial charge in [0.25, 0.3) is 5.91 Å². The first-order chi connectivity index (χ1) is 12.4. The van der Waals surface area contributed by atoms with E-state index in [0.29, 0.717) is 11.3 Å². The van der Waals surface area contributed by atoms with Gasteiger partial charge in [-0.3, -0.25) is 14.4 Å². The van der Waals surface area contributed by atoms with E-state index in [1.807, 2.05) is 19.9 Å². The Bertz CT molecular complexity index is 836. The van der Waals surface area contributed by atoms with Gasteiger partial charge in [-0.25, -0.2) is 4.98 Å². The maximum Gasteiger partial charge on any atom is 0.306 e. The Morgan fingerprint density at radius 1 is 1.12 bits per heavy atom. The number of carbonyl (C=O) groups is 3. The molecule has 0 aliphatic rings. The summed E-state index contributed by atoms with van der Waals surface area (Å²) in [7, 11) is 0. The summed E-state index contributed by atoms with van der Waals surface area (Å²) in [5.74, 6) is -1.29. The number of esters is 1. The van der Waals surface area contributed by atoms with E-state index in [2.05, 4.69) is 10.3 Å². The molecule has 0 saturated carbocycles. The van der Waals surface area contributed by atoms with Gasteiger partial charge in [0.1, 0.15) is 0 Å². The molecular formula is C19H19ClN2O4. The second kappa shape index (κ2) is 9.10. The van der Waals surface area contributed by atoms with E-state index in [4.69, 9.17) is 16.3 Å². The number of Topliss-reactive ketones (excluding diaryl/α,β-unsaturated/α-hetero) is 1. The Balaban J connectivity index is 1.76. The number of hydrogen-bond donors (Lipinski definition) is 1. The van der Waals surface area contributed by atoms with Crippen LogP contribution in [0.2, 0.25) is 5.15 Å². The molecule has 0 spiro atoms. The smallest absolute Gasteiger partial charge is 0.306 e. The molecule has 1 aromatic carbocycles. The molecule has 1 amide bonds. The van der Waals surface area contributed by atoms with Crippen LogP contribution in [0.4, 0.5) is 5.69 Å². The summed E-state index contributed by atoms with van der Waals surface area (Å²) in [6, 6.07) is 8.60. The number of nitrogens with one attached hydrogen (secondary N) is 1. The van der Waals surface area contributed by atoms with Crippen LogP contribution in [-0.2, 0) is 14.3 Å². The van der Waals surface area contributed by atoms with Crippen molar-refractivity contribution in [1.29, 1.82) is 0 Å². The molecule has 0 fully saturated rings. The van der Waals surface area contributed by atoms with Crippen LogP contribution < -0.4 is 5.32 Å². The van der Waals surface area contributed by atoms with Gasteiger partial charge < -0.3 is 10.1 Å². The SMILES string of the molecule is Cc1ccc(C(=O)CCC(=O)OCC(=O)Nc2cccnc2Cl)cc1C. The van der Waals surface area contributed by atoms with Crippen LogP contribution in [0.15, 0.2) is 36.5 Å². The van der Waals surface area contributed by atoms with Gasteiger partial charge in [0.05, 0.1) is 12.1 Å².